The Labute approximate surface area is 212 Å². The van der Waals surface area contributed by atoms with Gasteiger partial charge in [-0.25, -0.2) is 9.97 Å². The summed E-state index contributed by atoms with van der Waals surface area (Å²) in [6.45, 7) is 5.29. The van der Waals surface area contributed by atoms with Crippen molar-refractivity contribution in [3.05, 3.63) is 47.7 Å². The number of methoxy groups -OCH3 is 1. The van der Waals surface area contributed by atoms with Gasteiger partial charge in [0.1, 0.15) is 11.6 Å². The van der Waals surface area contributed by atoms with Crippen molar-refractivity contribution >= 4 is 38.7 Å². The summed E-state index contributed by atoms with van der Waals surface area (Å²) in [6, 6.07) is 6.08. The molecule has 10 nitrogen and oxygen atoms in total. The molecule has 1 amide bonds. The Balaban J connectivity index is 1.41. The minimum atomic E-state index is -0.341. The normalized spacial score (nSPS) is 14.0. The van der Waals surface area contributed by atoms with Gasteiger partial charge < -0.3 is 9.64 Å². The molecule has 5 heterocycles. The lowest BCUT2D eigenvalue weighted by Gasteiger charge is -2.29. The highest BCUT2D eigenvalue weighted by atomic mass is 32.1. The van der Waals surface area contributed by atoms with E-state index in [9.17, 15) is 4.79 Å². The number of thiazole rings is 1. The number of ether oxygens (including phenoxy) is 1. The number of fused-ring (bicyclic) bond motifs is 1. The van der Waals surface area contributed by atoms with E-state index in [4.69, 9.17) is 15.0 Å². The minimum absolute atomic E-state index is 0.0975. The number of aromatic nitrogens is 5. The average molecular weight is 501 g/mol. The van der Waals surface area contributed by atoms with Crippen LogP contribution in [0, 0.1) is 31.1 Å². The third kappa shape index (κ3) is 4.67. The Kier molecular flexibility index (Phi) is 6.43. The van der Waals surface area contributed by atoms with E-state index in [0.717, 1.165) is 48.7 Å². The summed E-state index contributed by atoms with van der Waals surface area (Å²) in [4.78, 5) is 38.4. The van der Waals surface area contributed by atoms with Gasteiger partial charge in [-0.05, 0) is 38.8 Å². The standard InChI is InChI=1S/C25H24N8O2S/c1-14-8-17(18-9-15(2)28-12-20(18)35-3)19(11-27-14)23(34)32-25-31-22-24(36-25)30-21(13-29-22)33-6-4-16(10-26)5-7-33/h8-9,11-13,16H,4-7H2,1-3H3,(H,29,31,32,34). The zero-order valence-corrected chi connectivity index (χ0v) is 21.0. The minimum Gasteiger partial charge on any atom is -0.494 e. The number of piperidine rings is 1. The SMILES string of the molecule is COc1cnc(C)cc1-c1cc(C)ncc1C(=O)Nc1nc2ncc(N3CCC(C#N)CC3)nc2s1. The molecule has 182 valence electrons. The van der Waals surface area contributed by atoms with Crippen LogP contribution in [-0.2, 0) is 0 Å². The predicted octanol–water partition coefficient (Wildman–Crippen LogP) is 4.16. The zero-order chi connectivity index (χ0) is 25.2. The molecule has 0 atom stereocenters. The summed E-state index contributed by atoms with van der Waals surface area (Å²) in [6.07, 6.45) is 6.53. The van der Waals surface area contributed by atoms with Gasteiger partial charge in [0.15, 0.2) is 15.6 Å². The lowest BCUT2D eigenvalue weighted by atomic mass is 9.99. The van der Waals surface area contributed by atoms with Gasteiger partial charge in [-0.2, -0.15) is 10.2 Å². The van der Waals surface area contributed by atoms with Crippen LogP contribution in [0.15, 0.2) is 30.7 Å². The van der Waals surface area contributed by atoms with E-state index >= 15 is 0 Å². The van der Waals surface area contributed by atoms with Crippen molar-refractivity contribution in [1.82, 2.24) is 24.9 Å². The van der Waals surface area contributed by atoms with E-state index < -0.39 is 0 Å². The molecule has 11 heteroatoms. The second kappa shape index (κ2) is 9.83. The molecule has 0 unspecified atom stereocenters. The molecule has 36 heavy (non-hydrogen) atoms. The van der Waals surface area contributed by atoms with Crippen LogP contribution < -0.4 is 15.0 Å². The molecule has 0 spiro atoms. The van der Waals surface area contributed by atoms with Gasteiger partial charge in [-0.15, -0.1) is 0 Å². The van der Waals surface area contributed by atoms with Gasteiger partial charge in [-0.3, -0.25) is 20.1 Å². The first kappa shape index (κ1) is 23.6. The van der Waals surface area contributed by atoms with Crippen molar-refractivity contribution < 1.29 is 9.53 Å². The maximum absolute atomic E-state index is 13.3. The van der Waals surface area contributed by atoms with Gasteiger partial charge in [0, 0.05) is 47.7 Å². The molecule has 4 aromatic heterocycles. The smallest absolute Gasteiger partial charge is 0.259 e. The number of aryl methyl sites for hydroxylation is 2. The summed E-state index contributed by atoms with van der Waals surface area (Å²) >= 11 is 1.27. The van der Waals surface area contributed by atoms with Crippen molar-refractivity contribution in [2.45, 2.75) is 26.7 Å². The summed E-state index contributed by atoms with van der Waals surface area (Å²) in [5, 5.41) is 12.4. The number of nitriles is 1. The maximum atomic E-state index is 13.3. The number of pyridine rings is 2. The fraction of sp³-hybridized carbons (Fsp3) is 0.320. The van der Waals surface area contributed by atoms with Crippen molar-refractivity contribution in [3.8, 4) is 22.9 Å². The average Bonchev–Trinajstić information content (AvgIpc) is 3.30. The molecule has 1 N–H and O–H groups in total. The fourth-order valence-electron chi connectivity index (χ4n) is 4.20. The van der Waals surface area contributed by atoms with E-state index in [1.54, 1.807) is 25.7 Å². The number of rotatable bonds is 5. The second-order valence-corrected chi connectivity index (χ2v) is 9.60. The number of hydrogen-bond acceptors (Lipinski definition) is 10. The quantitative estimate of drug-likeness (QED) is 0.429. The third-order valence-electron chi connectivity index (χ3n) is 6.13. The summed E-state index contributed by atoms with van der Waals surface area (Å²) in [5.74, 6) is 1.08. The number of nitrogens with one attached hydrogen (secondary N) is 1. The molecule has 0 saturated carbocycles. The first-order valence-electron chi connectivity index (χ1n) is 11.5. The van der Waals surface area contributed by atoms with E-state index in [1.807, 2.05) is 26.0 Å². The number of nitrogens with zero attached hydrogens (tertiary/aromatic N) is 7. The summed E-state index contributed by atoms with van der Waals surface area (Å²) in [5.41, 5.74) is 3.91. The van der Waals surface area contributed by atoms with Crippen LogP contribution >= 0.6 is 11.3 Å². The van der Waals surface area contributed by atoms with Crippen LogP contribution in [0.3, 0.4) is 0 Å². The zero-order valence-electron chi connectivity index (χ0n) is 20.1. The first-order chi connectivity index (χ1) is 17.4. The molecule has 1 aliphatic heterocycles. The van der Waals surface area contributed by atoms with Crippen molar-refractivity contribution in [2.24, 2.45) is 5.92 Å². The van der Waals surface area contributed by atoms with E-state index in [1.165, 1.54) is 11.3 Å². The van der Waals surface area contributed by atoms with Gasteiger partial charge in [0.2, 0.25) is 0 Å². The Morgan fingerprint density at radius 1 is 1.08 bits per heavy atom. The van der Waals surface area contributed by atoms with Crippen LogP contribution in [0.1, 0.15) is 34.6 Å². The summed E-state index contributed by atoms with van der Waals surface area (Å²) in [7, 11) is 1.57. The number of carbonyl (C=O) groups is 1. The molecule has 5 rings (SSSR count). The highest BCUT2D eigenvalue weighted by molar-refractivity contribution is 7.21. The predicted molar refractivity (Wildman–Crippen MR) is 137 cm³/mol. The highest BCUT2D eigenvalue weighted by Crippen LogP contribution is 2.34. The van der Waals surface area contributed by atoms with Crippen molar-refractivity contribution in [2.75, 3.05) is 30.4 Å². The molecule has 0 radical (unpaired) electrons. The molecule has 0 aromatic carbocycles. The molecule has 0 bridgehead atoms. The van der Waals surface area contributed by atoms with Crippen molar-refractivity contribution in [1.29, 1.82) is 5.26 Å². The van der Waals surface area contributed by atoms with Gasteiger partial charge in [0.25, 0.3) is 5.91 Å². The fourth-order valence-corrected chi connectivity index (χ4v) is 4.99. The Hall–Kier alpha value is -4.17. The number of carbonyl (C=O) groups excluding carboxylic acids is 1. The monoisotopic (exact) mass is 500 g/mol. The Bertz CT molecular complexity index is 1490. The first-order valence-corrected chi connectivity index (χ1v) is 12.3. The van der Waals surface area contributed by atoms with E-state index in [-0.39, 0.29) is 11.8 Å². The van der Waals surface area contributed by atoms with Crippen LogP contribution in [0.5, 0.6) is 5.75 Å². The highest BCUT2D eigenvalue weighted by Gasteiger charge is 2.22. The number of anilines is 2. The van der Waals surface area contributed by atoms with E-state index in [0.29, 0.717) is 32.5 Å². The third-order valence-corrected chi connectivity index (χ3v) is 6.99. The van der Waals surface area contributed by atoms with Crippen LogP contribution in [0.2, 0.25) is 0 Å². The summed E-state index contributed by atoms with van der Waals surface area (Å²) < 4.78 is 5.50. The van der Waals surface area contributed by atoms with E-state index in [2.05, 4.69) is 36.2 Å². The Morgan fingerprint density at radius 3 is 2.53 bits per heavy atom. The molecule has 4 aromatic rings. The number of amides is 1. The molecule has 1 aliphatic rings. The Morgan fingerprint density at radius 2 is 1.81 bits per heavy atom. The lowest BCUT2D eigenvalue weighted by molar-refractivity contribution is 0.102. The second-order valence-electron chi connectivity index (χ2n) is 8.62. The van der Waals surface area contributed by atoms with Crippen LogP contribution in [0.25, 0.3) is 21.6 Å². The van der Waals surface area contributed by atoms with Crippen molar-refractivity contribution in [3.63, 3.8) is 0 Å². The lowest BCUT2D eigenvalue weighted by Crippen LogP contribution is -2.33. The molecular formula is C25H24N8O2S. The molecular weight excluding hydrogens is 476 g/mol. The van der Waals surface area contributed by atoms with Gasteiger partial charge >= 0.3 is 0 Å². The molecule has 0 aliphatic carbocycles. The molecule has 1 saturated heterocycles. The largest absolute Gasteiger partial charge is 0.494 e. The maximum Gasteiger partial charge on any atom is 0.259 e. The molecule has 1 fully saturated rings. The van der Waals surface area contributed by atoms with Gasteiger partial charge in [0.05, 0.1) is 31.1 Å². The van der Waals surface area contributed by atoms with Crippen LogP contribution in [0.4, 0.5) is 10.9 Å². The number of hydrogen-bond donors (Lipinski definition) is 1. The van der Waals surface area contributed by atoms with Crippen LogP contribution in [-0.4, -0.2) is 51.0 Å². The van der Waals surface area contributed by atoms with Gasteiger partial charge in [-0.1, -0.05) is 11.3 Å². The topological polar surface area (TPSA) is 130 Å².